The number of halogens is 2. The highest BCUT2D eigenvalue weighted by molar-refractivity contribution is 14.0. The maximum absolute atomic E-state index is 5.97. The first kappa shape index (κ1) is 20.0. The monoisotopic (exact) mass is 475 g/mol. The Kier molecular flexibility index (Phi) is 7.95. The number of guanidine groups is 1. The van der Waals surface area contributed by atoms with Crippen LogP contribution >= 0.6 is 35.6 Å². The summed E-state index contributed by atoms with van der Waals surface area (Å²) in [5, 5.41) is 7.93. The number of hydrogen-bond acceptors (Lipinski definition) is 4. The van der Waals surface area contributed by atoms with Crippen molar-refractivity contribution in [2.24, 2.45) is 10.7 Å². The molecular weight excluding hydrogens is 453 g/mol. The van der Waals surface area contributed by atoms with Crippen molar-refractivity contribution in [3.05, 3.63) is 35.2 Å². The fraction of sp³-hybridized carbons (Fsp3) is 0.471. The number of nitrogens with two attached hydrogens (primary N) is 1. The highest BCUT2D eigenvalue weighted by Gasteiger charge is 2.13. The molecule has 3 rings (SSSR count). The smallest absolute Gasteiger partial charge is 0.248 e. The molecule has 1 fully saturated rings. The van der Waals surface area contributed by atoms with Gasteiger partial charge in [0, 0.05) is 16.6 Å². The van der Waals surface area contributed by atoms with Crippen molar-refractivity contribution in [3.63, 3.8) is 0 Å². The van der Waals surface area contributed by atoms with Crippen LogP contribution in [0, 0.1) is 0 Å². The fourth-order valence-electron chi connectivity index (χ4n) is 2.87. The van der Waals surface area contributed by atoms with E-state index in [-0.39, 0.29) is 30.5 Å². The standard InChI is InChI=1S/C17H22ClN5O.HI/c18-13-9-7-12(8-10-13)16-22-15(24-23-16)11-20-17(19)21-14-5-3-1-2-4-6-14;/h7-10,14H,1-6,11H2,(H3,19,20,21);1H. The molecule has 6 nitrogen and oxygen atoms in total. The SMILES string of the molecule is I.NC(=NCc1nc(-c2ccc(Cl)cc2)no1)NC1CCCCCC1. The lowest BCUT2D eigenvalue weighted by atomic mass is 10.1. The van der Waals surface area contributed by atoms with Gasteiger partial charge in [-0.15, -0.1) is 24.0 Å². The molecule has 1 aliphatic rings. The van der Waals surface area contributed by atoms with Gasteiger partial charge in [-0.2, -0.15) is 4.98 Å². The summed E-state index contributed by atoms with van der Waals surface area (Å²) < 4.78 is 5.23. The fourth-order valence-corrected chi connectivity index (χ4v) is 2.99. The van der Waals surface area contributed by atoms with E-state index in [2.05, 4.69) is 20.4 Å². The van der Waals surface area contributed by atoms with Crippen LogP contribution in [0.25, 0.3) is 11.4 Å². The number of rotatable bonds is 4. The van der Waals surface area contributed by atoms with E-state index in [4.69, 9.17) is 21.9 Å². The van der Waals surface area contributed by atoms with Gasteiger partial charge in [-0.3, -0.25) is 0 Å². The number of aromatic nitrogens is 2. The molecule has 0 amide bonds. The summed E-state index contributed by atoms with van der Waals surface area (Å²) in [4.78, 5) is 8.64. The van der Waals surface area contributed by atoms with Gasteiger partial charge < -0.3 is 15.6 Å². The number of nitrogens with one attached hydrogen (secondary N) is 1. The lowest BCUT2D eigenvalue weighted by Gasteiger charge is -2.16. The molecule has 0 atom stereocenters. The molecule has 0 unspecified atom stereocenters. The maximum Gasteiger partial charge on any atom is 0.248 e. The van der Waals surface area contributed by atoms with Crippen molar-refractivity contribution in [2.75, 3.05) is 0 Å². The van der Waals surface area contributed by atoms with Crippen LogP contribution in [0.4, 0.5) is 0 Å². The van der Waals surface area contributed by atoms with Gasteiger partial charge in [0.2, 0.25) is 11.7 Å². The van der Waals surface area contributed by atoms with Gasteiger partial charge in [0.15, 0.2) is 5.96 Å². The van der Waals surface area contributed by atoms with E-state index >= 15 is 0 Å². The van der Waals surface area contributed by atoms with Gasteiger partial charge in [0.05, 0.1) is 0 Å². The third-order valence-electron chi connectivity index (χ3n) is 4.16. The third-order valence-corrected chi connectivity index (χ3v) is 4.41. The highest BCUT2D eigenvalue weighted by atomic mass is 127. The first-order valence-electron chi connectivity index (χ1n) is 8.36. The van der Waals surface area contributed by atoms with E-state index < -0.39 is 0 Å². The Morgan fingerprint density at radius 1 is 1.20 bits per heavy atom. The first-order chi connectivity index (χ1) is 11.7. The summed E-state index contributed by atoms with van der Waals surface area (Å²) >= 11 is 5.88. The predicted octanol–water partition coefficient (Wildman–Crippen LogP) is 4.14. The topological polar surface area (TPSA) is 89.3 Å². The number of benzene rings is 1. The Labute approximate surface area is 169 Å². The minimum atomic E-state index is 0. The minimum absolute atomic E-state index is 0. The van der Waals surface area contributed by atoms with Gasteiger partial charge in [0.1, 0.15) is 6.54 Å². The van der Waals surface area contributed by atoms with E-state index in [1.165, 1.54) is 25.7 Å². The molecule has 1 saturated carbocycles. The molecule has 1 aromatic carbocycles. The van der Waals surface area contributed by atoms with E-state index in [1.807, 2.05) is 12.1 Å². The summed E-state index contributed by atoms with van der Waals surface area (Å²) in [7, 11) is 0. The maximum atomic E-state index is 5.97. The summed E-state index contributed by atoms with van der Waals surface area (Å²) in [5.41, 5.74) is 6.82. The Morgan fingerprint density at radius 2 is 1.88 bits per heavy atom. The zero-order valence-corrected chi connectivity index (χ0v) is 17.0. The van der Waals surface area contributed by atoms with Crippen molar-refractivity contribution in [2.45, 2.75) is 51.1 Å². The molecule has 1 aliphatic carbocycles. The van der Waals surface area contributed by atoms with Crippen LogP contribution in [-0.2, 0) is 6.54 Å². The second-order valence-electron chi connectivity index (χ2n) is 6.05. The van der Waals surface area contributed by atoms with Crippen molar-refractivity contribution in [1.82, 2.24) is 15.5 Å². The van der Waals surface area contributed by atoms with Gasteiger partial charge in [0.25, 0.3) is 0 Å². The lowest BCUT2D eigenvalue weighted by Crippen LogP contribution is -2.39. The molecule has 25 heavy (non-hydrogen) atoms. The zero-order valence-electron chi connectivity index (χ0n) is 13.9. The average Bonchev–Trinajstić information content (AvgIpc) is 2.91. The van der Waals surface area contributed by atoms with E-state index in [1.54, 1.807) is 12.1 Å². The first-order valence-corrected chi connectivity index (χ1v) is 8.73. The molecule has 0 aliphatic heterocycles. The summed E-state index contributed by atoms with van der Waals surface area (Å²) in [6.45, 7) is 0.270. The molecule has 3 N–H and O–H groups in total. The number of nitrogens with zero attached hydrogens (tertiary/aromatic N) is 3. The van der Waals surface area contributed by atoms with Gasteiger partial charge >= 0.3 is 0 Å². The van der Waals surface area contributed by atoms with Crippen molar-refractivity contribution >= 4 is 41.5 Å². The van der Waals surface area contributed by atoms with Crippen molar-refractivity contribution in [1.29, 1.82) is 0 Å². The van der Waals surface area contributed by atoms with Crippen molar-refractivity contribution in [3.8, 4) is 11.4 Å². The lowest BCUT2D eigenvalue weighted by molar-refractivity contribution is 0.380. The Morgan fingerprint density at radius 3 is 2.56 bits per heavy atom. The molecule has 1 aromatic heterocycles. The predicted molar refractivity (Wildman–Crippen MR) is 110 cm³/mol. The van der Waals surface area contributed by atoms with Crippen molar-refractivity contribution < 1.29 is 4.52 Å². The second-order valence-corrected chi connectivity index (χ2v) is 6.49. The minimum Gasteiger partial charge on any atom is -0.370 e. The van der Waals surface area contributed by atoms with Crippen LogP contribution in [0.3, 0.4) is 0 Å². The molecule has 0 radical (unpaired) electrons. The molecule has 0 saturated heterocycles. The average molecular weight is 476 g/mol. The van der Waals surface area contributed by atoms with E-state index in [9.17, 15) is 0 Å². The van der Waals surface area contributed by atoms with Gasteiger partial charge in [-0.1, -0.05) is 42.4 Å². The van der Waals surface area contributed by atoms with Crippen LogP contribution in [-0.4, -0.2) is 22.1 Å². The molecular formula is C17H23ClIN5O. The Bertz CT molecular complexity index is 681. The molecule has 136 valence electrons. The molecule has 8 heteroatoms. The van der Waals surface area contributed by atoms with E-state index in [0.29, 0.717) is 28.7 Å². The van der Waals surface area contributed by atoms with Gasteiger partial charge in [-0.05, 0) is 37.1 Å². The Balaban J connectivity index is 0.00000225. The summed E-state index contributed by atoms with van der Waals surface area (Å²) in [6, 6.07) is 7.70. The summed E-state index contributed by atoms with van der Waals surface area (Å²) in [5.74, 6) is 1.39. The molecule has 2 aromatic rings. The normalized spacial score (nSPS) is 16.1. The van der Waals surface area contributed by atoms with Crippen LogP contribution in [0.1, 0.15) is 44.4 Å². The number of hydrogen-bond donors (Lipinski definition) is 2. The van der Waals surface area contributed by atoms with E-state index in [0.717, 1.165) is 18.4 Å². The van der Waals surface area contributed by atoms with Crippen LogP contribution in [0.5, 0.6) is 0 Å². The Hall–Kier alpha value is -1.35. The summed E-state index contributed by atoms with van der Waals surface area (Å²) in [6.07, 6.45) is 7.42. The van der Waals surface area contributed by atoms with Crippen LogP contribution in [0.15, 0.2) is 33.8 Å². The molecule has 0 bridgehead atoms. The van der Waals surface area contributed by atoms with Crippen LogP contribution in [0.2, 0.25) is 5.02 Å². The second kappa shape index (κ2) is 9.96. The largest absolute Gasteiger partial charge is 0.370 e. The third kappa shape index (κ3) is 6.14. The van der Waals surface area contributed by atoms with Crippen LogP contribution < -0.4 is 11.1 Å². The molecule has 1 heterocycles. The zero-order chi connectivity index (χ0) is 16.8. The highest BCUT2D eigenvalue weighted by Crippen LogP contribution is 2.19. The van der Waals surface area contributed by atoms with Gasteiger partial charge in [-0.25, -0.2) is 4.99 Å². The quantitative estimate of drug-likeness (QED) is 0.300. The molecule has 0 spiro atoms. The number of aliphatic imine (C=N–C) groups is 1.